The van der Waals surface area contributed by atoms with Crippen LogP contribution in [-0.4, -0.2) is 25.6 Å². The van der Waals surface area contributed by atoms with Crippen LogP contribution >= 0.6 is 0 Å². The minimum absolute atomic E-state index is 0. The van der Waals surface area contributed by atoms with Crippen LogP contribution < -0.4 is 51.4 Å². The van der Waals surface area contributed by atoms with Gasteiger partial charge < -0.3 is 25.0 Å². The first kappa shape index (κ1) is 25.8. The fourth-order valence-corrected chi connectivity index (χ4v) is 2.52. The monoisotopic (exact) mass is 469 g/mol. The van der Waals surface area contributed by atoms with E-state index in [1.165, 1.54) is 0 Å². The largest absolute Gasteiger partial charge is 1.00 e. The molecule has 13 heteroatoms. The zero-order chi connectivity index (χ0) is 22.7. The van der Waals surface area contributed by atoms with Gasteiger partial charge in [-0.3, -0.25) is 4.39 Å². The summed E-state index contributed by atoms with van der Waals surface area (Å²) >= 11 is 0. The van der Waals surface area contributed by atoms with Gasteiger partial charge in [0.15, 0.2) is 0 Å². The van der Waals surface area contributed by atoms with Crippen molar-refractivity contribution in [2.75, 3.05) is 0 Å². The number of aromatic nitrogens is 4. The third-order valence-electron chi connectivity index (χ3n) is 4.07. The summed E-state index contributed by atoms with van der Waals surface area (Å²) in [6.07, 6.45) is -1.28. The van der Waals surface area contributed by atoms with Crippen LogP contribution in [-0.2, 0) is 7.05 Å². The molecule has 0 saturated carbocycles. The molecule has 2 heterocycles. The molecule has 32 heavy (non-hydrogen) atoms. The molecule has 0 aliphatic rings. The summed E-state index contributed by atoms with van der Waals surface area (Å²) in [5, 5.41) is 18.1. The number of fused-ring (bicyclic) bond motifs is 1. The maximum atomic E-state index is 13.4. The molecule has 0 unspecified atom stereocenters. The number of rotatable bonds is 3. The Kier molecular flexibility index (Phi) is 8.80. The smallest absolute Gasteiger partial charge is 0.842 e. The molecule has 4 rings (SSSR count). The molecule has 2 aromatic carbocycles. The van der Waals surface area contributed by atoms with E-state index in [1.807, 2.05) is 11.6 Å². The number of hydrogen-bond acceptors (Lipinski definition) is 4. The van der Waals surface area contributed by atoms with Gasteiger partial charge in [-0.15, -0.1) is 16.3 Å². The number of amidine groups is 1. The Morgan fingerprint density at radius 2 is 1.88 bits per heavy atom. The van der Waals surface area contributed by atoms with Crippen molar-refractivity contribution in [3.63, 3.8) is 0 Å². The number of aryl methyl sites for hydroxylation is 1. The van der Waals surface area contributed by atoms with Crippen LogP contribution in [0.25, 0.3) is 33.4 Å². The van der Waals surface area contributed by atoms with Gasteiger partial charge in [-0.2, -0.15) is 21.3 Å². The average molecular weight is 469 g/mol. The molecule has 0 atom stereocenters. The number of hydrogen-bond donors (Lipinski definition) is 0. The van der Waals surface area contributed by atoms with Gasteiger partial charge in [-0.1, -0.05) is 18.0 Å². The van der Waals surface area contributed by atoms with Gasteiger partial charge in [0.1, 0.15) is 0 Å². The van der Waals surface area contributed by atoms with Crippen molar-refractivity contribution in [3.8, 4) is 11.5 Å². The van der Waals surface area contributed by atoms with Crippen molar-refractivity contribution in [3.05, 3.63) is 83.2 Å². The SMILES string of the molecule is Cn1cnc2cc(C(=[N-])N=[N-])ccc21.[CH2-]c1cc(F)c(-c2nnc(C(F)F)o2)cc1F.[K+]. The Bertz CT molecular complexity index is 1270. The molecule has 0 aliphatic carbocycles. The zero-order valence-corrected chi connectivity index (χ0v) is 19.9. The van der Waals surface area contributed by atoms with Crippen LogP contribution in [0, 0.1) is 18.6 Å². The molecule has 4 aromatic rings. The molecule has 0 spiro atoms. The minimum Gasteiger partial charge on any atom is -0.842 e. The van der Waals surface area contributed by atoms with Crippen LogP contribution in [0.3, 0.4) is 0 Å². The Morgan fingerprint density at radius 3 is 2.50 bits per heavy atom. The van der Waals surface area contributed by atoms with E-state index in [4.69, 9.17) is 10.9 Å². The van der Waals surface area contributed by atoms with Gasteiger partial charge >= 0.3 is 57.8 Å². The van der Waals surface area contributed by atoms with E-state index >= 15 is 0 Å². The average Bonchev–Trinajstić information content (AvgIpc) is 3.38. The van der Waals surface area contributed by atoms with Crippen LogP contribution in [0.2, 0.25) is 0 Å². The van der Waals surface area contributed by atoms with Gasteiger partial charge in [0.2, 0.25) is 5.89 Å². The second-order valence-electron chi connectivity index (χ2n) is 6.15. The summed E-state index contributed by atoms with van der Waals surface area (Å²) in [5.74, 6) is -3.52. The second kappa shape index (κ2) is 10.9. The van der Waals surface area contributed by atoms with Crippen LogP contribution in [0.15, 0.2) is 46.2 Å². The van der Waals surface area contributed by atoms with Crippen LogP contribution in [0.1, 0.15) is 23.4 Å². The third-order valence-corrected chi connectivity index (χ3v) is 4.07. The van der Waals surface area contributed by atoms with Crippen LogP contribution in [0.4, 0.5) is 17.6 Å². The standard InChI is InChI=1S/C10H5F4N2O.C9H7N5.K/c1-4-2-7(12)5(3-6(4)11)9-15-16-10(17-9)8(13)14;1-14-5-12-7-4-6(9(10)13-11)2-3-8(7)14;/h2-3,8H,1H2;2-5H,1H3;/q-1;-2;+1. The maximum Gasteiger partial charge on any atom is 1.00 e. The molecule has 0 saturated heterocycles. The molecule has 160 valence electrons. The van der Waals surface area contributed by atoms with E-state index in [9.17, 15) is 17.6 Å². The summed E-state index contributed by atoms with van der Waals surface area (Å²) < 4.78 is 57.3. The topological polar surface area (TPSA) is 114 Å². The Labute approximate surface area is 221 Å². The predicted octanol–water partition coefficient (Wildman–Crippen LogP) is 2.05. The molecular weight excluding hydrogens is 457 g/mol. The van der Waals surface area contributed by atoms with E-state index in [-0.39, 0.29) is 62.5 Å². The third kappa shape index (κ3) is 5.66. The van der Waals surface area contributed by atoms with Gasteiger partial charge in [0, 0.05) is 12.9 Å². The summed E-state index contributed by atoms with van der Waals surface area (Å²) in [6, 6.07) is 6.71. The van der Waals surface area contributed by atoms with Crippen molar-refractivity contribution >= 4 is 16.9 Å². The first-order valence-electron chi connectivity index (χ1n) is 8.46. The minimum atomic E-state index is -2.96. The summed E-state index contributed by atoms with van der Waals surface area (Å²) in [4.78, 5) is 4.11. The van der Waals surface area contributed by atoms with Gasteiger partial charge in [-0.05, 0) is 17.7 Å². The molecule has 0 fully saturated rings. The number of nitrogens with zero attached hydrogens (tertiary/aromatic N) is 7. The molecule has 0 radical (unpaired) electrons. The Morgan fingerprint density at radius 1 is 1.16 bits per heavy atom. The molecule has 8 nitrogen and oxygen atoms in total. The number of imidazole rings is 1. The molecular formula is C19H12F4KN7O-2. The van der Waals surface area contributed by atoms with E-state index in [1.54, 1.807) is 24.5 Å². The van der Waals surface area contributed by atoms with Crippen LogP contribution in [0.5, 0.6) is 0 Å². The first-order chi connectivity index (χ1) is 14.7. The quantitative estimate of drug-likeness (QED) is 0.114. The summed E-state index contributed by atoms with van der Waals surface area (Å²) in [6.45, 7) is 3.25. The van der Waals surface area contributed by atoms with Gasteiger partial charge in [0.25, 0.3) is 5.89 Å². The molecule has 0 bridgehead atoms. The normalized spacial score (nSPS) is 10.4. The Balaban J connectivity index is 0.000000224. The van der Waals surface area contributed by atoms with E-state index < -0.39 is 35.7 Å². The number of benzene rings is 2. The van der Waals surface area contributed by atoms with Crippen molar-refractivity contribution in [1.29, 1.82) is 0 Å². The van der Waals surface area contributed by atoms with Crippen molar-refractivity contribution in [1.82, 2.24) is 19.7 Å². The van der Waals surface area contributed by atoms with Gasteiger partial charge in [0.05, 0.1) is 28.7 Å². The summed E-state index contributed by atoms with van der Waals surface area (Å²) in [7, 11) is 1.88. The fourth-order valence-electron chi connectivity index (χ4n) is 2.52. The summed E-state index contributed by atoms with van der Waals surface area (Å²) in [5.41, 5.74) is 10.00. The zero-order valence-electron chi connectivity index (χ0n) is 16.8. The first-order valence-corrected chi connectivity index (χ1v) is 8.46. The predicted molar refractivity (Wildman–Crippen MR) is 103 cm³/mol. The van der Waals surface area contributed by atoms with Crippen molar-refractivity contribution < 1.29 is 73.4 Å². The molecule has 0 N–H and O–H groups in total. The fraction of sp³-hybridized carbons (Fsp3) is 0.105. The maximum absolute atomic E-state index is 13.4. The molecule has 2 aromatic heterocycles. The van der Waals surface area contributed by atoms with Crippen molar-refractivity contribution in [2.45, 2.75) is 6.43 Å². The number of alkyl halides is 2. The Hall–Kier alpha value is -2.45. The molecule has 0 amide bonds. The van der Waals surface area contributed by atoms with Crippen molar-refractivity contribution in [2.24, 2.45) is 12.2 Å². The van der Waals surface area contributed by atoms with E-state index in [2.05, 4.69) is 31.6 Å². The van der Waals surface area contributed by atoms with Gasteiger partial charge in [-0.25, -0.2) is 9.37 Å². The second-order valence-corrected chi connectivity index (χ2v) is 6.15. The van der Waals surface area contributed by atoms with E-state index in [0.29, 0.717) is 5.56 Å². The number of halogens is 4. The van der Waals surface area contributed by atoms with E-state index in [0.717, 1.165) is 23.2 Å². The molecule has 0 aliphatic heterocycles.